The van der Waals surface area contributed by atoms with Gasteiger partial charge in [-0.15, -0.1) is 11.3 Å². The zero-order chi connectivity index (χ0) is 13.1. The van der Waals surface area contributed by atoms with Crippen LogP contribution >= 0.6 is 27.3 Å². The molecule has 0 saturated carbocycles. The van der Waals surface area contributed by atoms with Gasteiger partial charge >= 0.3 is 0 Å². The topological polar surface area (TPSA) is 51.2 Å². The van der Waals surface area contributed by atoms with Crippen LogP contribution in [0.5, 0.6) is 5.88 Å². The van der Waals surface area contributed by atoms with E-state index < -0.39 is 0 Å². The van der Waals surface area contributed by atoms with Gasteiger partial charge in [-0.1, -0.05) is 0 Å². The molecule has 0 fully saturated rings. The number of carbonyl (C=O) groups is 1. The summed E-state index contributed by atoms with van der Waals surface area (Å²) in [5.41, 5.74) is 1.61. The fraction of sp³-hybridized carbons (Fsp3) is 0.167. The van der Waals surface area contributed by atoms with Gasteiger partial charge in [0.2, 0.25) is 5.88 Å². The molecule has 0 atom stereocenters. The first kappa shape index (κ1) is 13.0. The van der Waals surface area contributed by atoms with E-state index in [2.05, 4.69) is 26.2 Å². The number of ether oxygens (including phenoxy) is 1. The number of aromatic nitrogens is 1. The van der Waals surface area contributed by atoms with Gasteiger partial charge in [0.1, 0.15) is 5.69 Å². The highest BCUT2D eigenvalue weighted by Gasteiger charge is 2.13. The molecule has 2 aromatic rings. The van der Waals surface area contributed by atoms with Gasteiger partial charge in [-0.2, -0.15) is 0 Å². The third kappa shape index (κ3) is 2.70. The van der Waals surface area contributed by atoms with E-state index in [0.29, 0.717) is 16.4 Å². The summed E-state index contributed by atoms with van der Waals surface area (Å²) in [6.07, 6.45) is 1.61. The smallest absolute Gasteiger partial charge is 0.265 e. The first-order chi connectivity index (χ1) is 8.61. The molecule has 0 aliphatic heterocycles. The second-order valence-corrected chi connectivity index (χ2v) is 5.95. The van der Waals surface area contributed by atoms with Crippen LogP contribution in [0.3, 0.4) is 0 Å². The van der Waals surface area contributed by atoms with E-state index >= 15 is 0 Å². The molecule has 2 aromatic heterocycles. The Morgan fingerprint density at radius 3 is 2.94 bits per heavy atom. The van der Waals surface area contributed by atoms with Crippen molar-refractivity contribution < 1.29 is 9.53 Å². The maximum atomic E-state index is 12.0. The van der Waals surface area contributed by atoms with Crippen molar-refractivity contribution in [2.45, 2.75) is 6.92 Å². The van der Waals surface area contributed by atoms with Gasteiger partial charge in [0, 0.05) is 6.20 Å². The summed E-state index contributed by atoms with van der Waals surface area (Å²) in [5, 5.41) is 2.78. The van der Waals surface area contributed by atoms with Crippen molar-refractivity contribution in [1.29, 1.82) is 0 Å². The molecular formula is C12H11BrN2O2S. The Kier molecular flexibility index (Phi) is 3.98. The molecule has 1 amide bonds. The van der Waals surface area contributed by atoms with Gasteiger partial charge in [0.15, 0.2) is 0 Å². The Labute approximate surface area is 117 Å². The summed E-state index contributed by atoms with van der Waals surface area (Å²) in [7, 11) is 1.52. The molecule has 0 bridgehead atoms. The Bertz CT molecular complexity index is 564. The number of hydrogen-bond acceptors (Lipinski definition) is 4. The molecule has 94 valence electrons. The number of hydrogen-bond donors (Lipinski definition) is 1. The minimum Gasteiger partial charge on any atom is -0.480 e. The number of rotatable bonds is 3. The molecule has 18 heavy (non-hydrogen) atoms. The van der Waals surface area contributed by atoms with Gasteiger partial charge in [-0.3, -0.25) is 4.79 Å². The minimum absolute atomic E-state index is 0.167. The summed E-state index contributed by atoms with van der Waals surface area (Å²) in [4.78, 5) is 16.7. The summed E-state index contributed by atoms with van der Waals surface area (Å²) >= 11 is 4.80. The van der Waals surface area contributed by atoms with E-state index in [1.54, 1.807) is 18.3 Å². The maximum absolute atomic E-state index is 12.0. The normalized spacial score (nSPS) is 10.2. The van der Waals surface area contributed by atoms with E-state index in [1.807, 2.05) is 13.0 Å². The highest BCUT2D eigenvalue weighted by atomic mass is 79.9. The van der Waals surface area contributed by atoms with Gasteiger partial charge in [0.25, 0.3) is 5.91 Å². The zero-order valence-corrected chi connectivity index (χ0v) is 12.3. The Morgan fingerprint density at radius 1 is 1.56 bits per heavy atom. The van der Waals surface area contributed by atoms with Crippen LogP contribution in [0.4, 0.5) is 5.69 Å². The molecule has 0 aromatic carbocycles. The standard InChI is InChI=1S/C12H11BrN2O2S/c1-7-6-9(18-10(7)13)11(16)15-8-4-3-5-14-12(8)17-2/h3-6H,1-2H3,(H,15,16). The number of thiophene rings is 1. The van der Waals surface area contributed by atoms with Crippen LogP contribution < -0.4 is 10.1 Å². The lowest BCUT2D eigenvalue weighted by atomic mass is 10.3. The van der Waals surface area contributed by atoms with Gasteiger partial charge in [-0.05, 0) is 46.6 Å². The molecule has 0 aliphatic carbocycles. The Hall–Kier alpha value is -1.40. The third-order valence-corrected chi connectivity index (χ3v) is 4.43. The molecule has 2 rings (SSSR count). The molecule has 1 N–H and O–H groups in total. The van der Waals surface area contributed by atoms with Crippen molar-refractivity contribution in [3.63, 3.8) is 0 Å². The monoisotopic (exact) mass is 326 g/mol. The van der Waals surface area contributed by atoms with E-state index in [1.165, 1.54) is 18.4 Å². The summed E-state index contributed by atoms with van der Waals surface area (Å²) < 4.78 is 6.04. The lowest BCUT2D eigenvalue weighted by molar-refractivity contribution is 0.103. The fourth-order valence-corrected chi connectivity index (χ4v) is 2.83. The maximum Gasteiger partial charge on any atom is 0.265 e. The van der Waals surface area contributed by atoms with Gasteiger partial charge in [-0.25, -0.2) is 4.98 Å². The van der Waals surface area contributed by atoms with Crippen molar-refractivity contribution in [3.8, 4) is 5.88 Å². The van der Waals surface area contributed by atoms with Gasteiger partial charge in [0.05, 0.1) is 15.8 Å². The number of halogens is 1. The van der Waals surface area contributed by atoms with Crippen molar-refractivity contribution >= 4 is 38.9 Å². The van der Waals surface area contributed by atoms with Crippen LogP contribution in [-0.4, -0.2) is 18.0 Å². The molecule has 4 nitrogen and oxygen atoms in total. The Morgan fingerprint density at radius 2 is 2.33 bits per heavy atom. The quantitative estimate of drug-likeness (QED) is 0.939. The average molecular weight is 327 g/mol. The second-order valence-electron chi connectivity index (χ2n) is 3.58. The van der Waals surface area contributed by atoms with E-state index in [9.17, 15) is 4.79 Å². The first-order valence-electron chi connectivity index (χ1n) is 5.18. The van der Waals surface area contributed by atoms with Crippen LogP contribution in [0.25, 0.3) is 0 Å². The van der Waals surface area contributed by atoms with Crippen molar-refractivity contribution in [2.24, 2.45) is 0 Å². The molecule has 0 spiro atoms. The number of nitrogens with one attached hydrogen (secondary N) is 1. The predicted octanol–water partition coefficient (Wildman–Crippen LogP) is 3.47. The van der Waals surface area contributed by atoms with E-state index in [0.717, 1.165) is 9.35 Å². The summed E-state index contributed by atoms with van der Waals surface area (Å²) in [5.74, 6) is 0.235. The largest absolute Gasteiger partial charge is 0.480 e. The summed E-state index contributed by atoms with van der Waals surface area (Å²) in [6.45, 7) is 1.95. The predicted molar refractivity (Wildman–Crippen MR) is 75.5 cm³/mol. The highest BCUT2D eigenvalue weighted by Crippen LogP contribution is 2.28. The van der Waals surface area contributed by atoms with Crippen LogP contribution in [-0.2, 0) is 0 Å². The molecule has 2 heterocycles. The van der Waals surface area contributed by atoms with Crippen LogP contribution in [0.2, 0.25) is 0 Å². The van der Waals surface area contributed by atoms with Crippen molar-refractivity contribution in [3.05, 3.63) is 38.6 Å². The fourth-order valence-electron chi connectivity index (χ4n) is 1.40. The van der Waals surface area contributed by atoms with Crippen LogP contribution in [0.15, 0.2) is 28.2 Å². The summed E-state index contributed by atoms with van der Waals surface area (Å²) in [6, 6.07) is 5.33. The Balaban J connectivity index is 2.21. The number of methoxy groups -OCH3 is 1. The minimum atomic E-state index is -0.167. The number of aryl methyl sites for hydroxylation is 1. The van der Waals surface area contributed by atoms with Crippen LogP contribution in [0.1, 0.15) is 15.2 Å². The second kappa shape index (κ2) is 5.49. The number of amides is 1. The molecule has 0 unspecified atom stereocenters. The lowest BCUT2D eigenvalue weighted by Gasteiger charge is -2.07. The number of pyridine rings is 1. The van der Waals surface area contributed by atoms with Crippen molar-refractivity contribution in [2.75, 3.05) is 12.4 Å². The molecule has 0 radical (unpaired) electrons. The molecular weight excluding hydrogens is 316 g/mol. The number of carbonyl (C=O) groups excluding carboxylic acids is 1. The third-order valence-electron chi connectivity index (χ3n) is 2.29. The number of anilines is 1. The molecule has 0 aliphatic rings. The molecule has 6 heteroatoms. The highest BCUT2D eigenvalue weighted by molar-refractivity contribution is 9.11. The van der Waals surface area contributed by atoms with Crippen molar-refractivity contribution in [1.82, 2.24) is 4.98 Å². The molecule has 0 saturated heterocycles. The number of nitrogens with zero attached hydrogens (tertiary/aromatic N) is 1. The SMILES string of the molecule is COc1ncccc1NC(=O)c1cc(C)c(Br)s1. The van der Waals surface area contributed by atoms with Gasteiger partial charge < -0.3 is 10.1 Å². The van der Waals surface area contributed by atoms with Crippen LogP contribution in [0, 0.1) is 6.92 Å². The van der Waals surface area contributed by atoms with E-state index in [4.69, 9.17) is 4.74 Å². The lowest BCUT2D eigenvalue weighted by Crippen LogP contribution is -2.11. The average Bonchev–Trinajstić information content (AvgIpc) is 2.70. The first-order valence-corrected chi connectivity index (χ1v) is 6.79. The zero-order valence-electron chi connectivity index (χ0n) is 9.86. The van der Waals surface area contributed by atoms with E-state index in [-0.39, 0.29) is 5.91 Å².